The van der Waals surface area contributed by atoms with Gasteiger partial charge < -0.3 is 4.74 Å². The summed E-state index contributed by atoms with van der Waals surface area (Å²) in [5.74, 6) is 0.633. The van der Waals surface area contributed by atoms with Crippen molar-refractivity contribution in [2.24, 2.45) is 5.92 Å². The van der Waals surface area contributed by atoms with E-state index in [2.05, 4.69) is 43.3 Å². The minimum absolute atomic E-state index is 0.388. The normalized spacial score (nSPS) is 21.2. The van der Waals surface area contributed by atoms with Crippen molar-refractivity contribution in [1.82, 2.24) is 0 Å². The average Bonchev–Trinajstić information content (AvgIpc) is 2.85. The zero-order valence-electron chi connectivity index (χ0n) is 9.93. The van der Waals surface area contributed by atoms with Crippen LogP contribution in [0.2, 0.25) is 0 Å². The first-order valence-electron chi connectivity index (χ1n) is 6.22. The van der Waals surface area contributed by atoms with Gasteiger partial charge in [0.15, 0.2) is 0 Å². The summed E-state index contributed by atoms with van der Waals surface area (Å²) >= 11 is 0. The fourth-order valence-electron chi connectivity index (χ4n) is 2.29. The van der Waals surface area contributed by atoms with Crippen LogP contribution in [0, 0.1) is 5.92 Å². The molecule has 16 heavy (non-hydrogen) atoms. The molecular weight excluding hydrogens is 196 g/mol. The van der Waals surface area contributed by atoms with Gasteiger partial charge in [-0.05, 0) is 24.8 Å². The quantitative estimate of drug-likeness (QED) is 0.677. The summed E-state index contributed by atoms with van der Waals surface area (Å²) in [6.07, 6.45) is 8.56. The predicted octanol–water partition coefficient (Wildman–Crippen LogP) is 3.95. The minimum Gasteiger partial charge on any atom is -0.373 e. The first kappa shape index (κ1) is 11.4. The number of allylic oxidation sites excluding steroid dienone is 1. The summed E-state index contributed by atoms with van der Waals surface area (Å²) in [5, 5.41) is 0. The molecule has 1 aromatic carbocycles. The van der Waals surface area contributed by atoms with Crippen LogP contribution < -0.4 is 0 Å². The SMILES string of the molecule is CC[C@H](OCc1ccccc1)[C@@H]1C=CCC1. The maximum atomic E-state index is 6.01. The second kappa shape index (κ2) is 5.86. The molecular formula is C15H20O. The van der Waals surface area contributed by atoms with Gasteiger partial charge in [-0.2, -0.15) is 0 Å². The molecule has 1 aliphatic carbocycles. The summed E-state index contributed by atoms with van der Waals surface area (Å²) in [6, 6.07) is 10.4. The van der Waals surface area contributed by atoms with E-state index in [-0.39, 0.29) is 0 Å². The van der Waals surface area contributed by atoms with Crippen molar-refractivity contribution in [2.45, 2.75) is 38.9 Å². The van der Waals surface area contributed by atoms with E-state index in [1.165, 1.54) is 18.4 Å². The molecule has 0 saturated heterocycles. The molecule has 1 heteroatoms. The molecule has 0 aliphatic heterocycles. The molecule has 0 radical (unpaired) electrons. The van der Waals surface area contributed by atoms with E-state index in [0.29, 0.717) is 12.0 Å². The fraction of sp³-hybridized carbons (Fsp3) is 0.467. The van der Waals surface area contributed by atoms with E-state index in [4.69, 9.17) is 4.74 Å². The zero-order valence-corrected chi connectivity index (χ0v) is 9.93. The van der Waals surface area contributed by atoms with Crippen LogP contribution in [0.1, 0.15) is 31.7 Å². The molecule has 1 aromatic rings. The highest BCUT2D eigenvalue weighted by atomic mass is 16.5. The lowest BCUT2D eigenvalue weighted by Gasteiger charge is -2.21. The first-order chi connectivity index (χ1) is 7.90. The van der Waals surface area contributed by atoms with Gasteiger partial charge in [0.25, 0.3) is 0 Å². The Hall–Kier alpha value is -1.08. The van der Waals surface area contributed by atoms with Crippen molar-refractivity contribution in [3.05, 3.63) is 48.0 Å². The molecule has 1 aliphatic rings. The van der Waals surface area contributed by atoms with Crippen molar-refractivity contribution >= 4 is 0 Å². The van der Waals surface area contributed by atoms with Crippen LogP contribution in [-0.2, 0) is 11.3 Å². The van der Waals surface area contributed by atoms with Crippen LogP contribution in [0.25, 0.3) is 0 Å². The lowest BCUT2D eigenvalue weighted by molar-refractivity contribution is 0.0113. The minimum atomic E-state index is 0.388. The lowest BCUT2D eigenvalue weighted by Crippen LogP contribution is -2.20. The van der Waals surface area contributed by atoms with E-state index in [1.807, 2.05) is 6.07 Å². The smallest absolute Gasteiger partial charge is 0.0720 e. The molecule has 2 atom stereocenters. The van der Waals surface area contributed by atoms with Crippen molar-refractivity contribution in [2.75, 3.05) is 0 Å². The Kier molecular flexibility index (Phi) is 4.17. The third-order valence-corrected chi connectivity index (χ3v) is 3.24. The van der Waals surface area contributed by atoms with Crippen molar-refractivity contribution in [3.63, 3.8) is 0 Å². The van der Waals surface area contributed by atoms with Crippen LogP contribution in [0.3, 0.4) is 0 Å². The molecule has 86 valence electrons. The van der Waals surface area contributed by atoms with E-state index < -0.39 is 0 Å². The van der Waals surface area contributed by atoms with Crippen molar-refractivity contribution in [1.29, 1.82) is 0 Å². The summed E-state index contributed by atoms with van der Waals surface area (Å²) in [7, 11) is 0. The van der Waals surface area contributed by atoms with Crippen molar-refractivity contribution < 1.29 is 4.74 Å². The van der Waals surface area contributed by atoms with Gasteiger partial charge in [-0.3, -0.25) is 0 Å². The second-order valence-corrected chi connectivity index (χ2v) is 4.41. The largest absolute Gasteiger partial charge is 0.373 e. The Labute approximate surface area is 98.1 Å². The summed E-state index contributed by atoms with van der Waals surface area (Å²) in [5.41, 5.74) is 1.27. The average molecular weight is 216 g/mol. The predicted molar refractivity (Wildman–Crippen MR) is 67.2 cm³/mol. The Balaban J connectivity index is 1.85. The molecule has 0 heterocycles. The van der Waals surface area contributed by atoms with Gasteiger partial charge >= 0.3 is 0 Å². The number of rotatable bonds is 5. The lowest BCUT2D eigenvalue weighted by atomic mass is 10.00. The zero-order chi connectivity index (χ0) is 11.2. The van der Waals surface area contributed by atoms with E-state index in [9.17, 15) is 0 Å². The van der Waals surface area contributed by atoms with Gasteiger partial charge in [0.1, 0.15) is 0 Å². The number of benzene rings is 1. The number of hydrogen-bond donors (Lipinski definition) is 0. The monoisotopic (exact) mass is 216 g/mol. The van der Waals surface area contributed by atoms with Crippen LogP contribution in [0.15, 0.2) is 42.5 Å². The van der Waals surface area contributed by atoms with Crippen LogP contribution in [-0.4, -0.2) is 6.10 Å². The van der Waals surface area contributed by atoms with E-state index in [0.717, 1.165) is 13.0 Å². The van der Waals surface area contributed by atoms with Crippen LogP contribution in [0.5, 0.6) is 0 Å². The Morgan fingerprint density at radius 3 is 2.75 bits per heavy atom. The summed E-state index contributed by atoms with van der Waals surface area (Å²) < 4.78 is 6.01. The van der Waals surface area contributed by atoms with Gasteiger partial charge in [-0.1, -0.05) is 49.4 Å². The molecule has 0 N–H and O–H groups in total. The fourth-order valence-corrected chi connectivity index (χ4v) is 2.29. The van der Waals surface area contributed by atoms with Gasteiger partial charge in [-0.15, -0.1) is 0 Å². The van der Waals surface area contributed by atoms with Gasteiger partial charge in [0.2, 0.25) is 0 Å². The maximum Gasteiger partial charge on any atom is 0.0720 e. The molecule has 0 bridgehead atoms. The van der Waals surface area contributed by atoms with Gasteiger partial charge in [-0.25, -0.2) is 0 Å². The standard InChI is InChI=1S/C15H20O/c1-2-15(14-10-6-7-11-14)16-12-13-8-4-3-5-9-13/h3-6,8-10,14-15H,2,7,11-12H2,1H3/t14-,15+/m1/s1. The third-order valence-electron chi connectivity index (χ3n) is 3.24. The van der Waals surface area contributed by atoms with Gasteiger partial charge in [0, 0.05) is 5.92 Å². The Bertz CT molecular complexity index is 329. The highest BCUT2D eigenvalue weighted by molar-refractivity contribution is 5.13. The molecule has 2 rings (SSSR count). The highest BCUT2D eigenvalue weighted by Gasteiger charge is 2.20. The number of hydrogen-bond acceptors (Lipinski definition) is 1. The molecule has 0 aromatic heterocycles. The highest BCUT2D eigenvalue weighted by Crippen LogP contribution is 2.25. The topological polar surface area (TPSA) is 9.23 Å². The molecule has 0 amide bonds. The first-order valence-corrected chi connectivity index (χ1v) is 6.22. The Morgan fingerprint density at radius 2 is 2.12 bits per heavy atom. The Morgan fingerprint density at radius 1 is 1.31 bits per heavy atom. The molecule has 1 nitrogen and oxygen atoms in total. The van der Waals surface area contributed by atoms with E-state index >= 15 is 0 Å². The molecule has 0 fully saturated rings. The summed E-state index contributed by atoms with van der Waals surface area (Å²) in [6.45, 7) is 2.95. The van der Waals surface area contributed by atoms with E-state index in [1.54, 1.807) is 0 Å². The maximum absolute atomic E-state index is 6.01. The number of ether oxygens (including phenoxy) is 1. The molecule has 0 saturated carbocycles. The third kappa shape index (κ3) is 2.96. The van der Waals surface area contributed by atoms with Crippen molar-refractivity contribution in [3.8, 4) is 0 Å². The second-order valence-electron chi connectivity index (χ2n) is 4.41. The molecule has 0 unspecified atom stereocenters. The van der Waals surface area contributed by atoms with Crippen LogP contribution >= 0.6 is 0 Å². The van der Waals surface area contributed by atoms with Gasteiger partial charge in [0.05, 0.1) is 12.7 Å². The summed E-state index contributed by atoms with van der Waals surface area (Å²) in [4.78, 5) is 0. The molecule has 0 spiro atoms. The van der Waals surface area contributed by atoms with Crippen LogP contribution in [0.4, 0.5) is 0 Å².